The maximum atomic E-state index is 12.8. The van der Waals surface area contributed by atoms with Crippen LogP contribution in [0, 0.1) is 6.92 Å². The number of aryl methyl sites for hydroxylation is 1. The first-order valence-electron chi connectivity index (χ1n) is 8.70. The second-order valence-electron chi connectivity index (χ2n) is 6.79. The highest BCUT2D eigenvalue weighted by atomic mass is 16.2. The Morgan fingerprint density at radius 1 is 1.23 bits per heavy atom. The molecule has 2 amide bonds. The van der Waals surface area contributed by atoms with Crippen molar-refractivity contribution in [1.82, 2.24) is 24.6 Å². The molecule has 6 rings (SSSR count). The van der Waals surface area contributed by atoms with E-state index in [2.05, 4.69) is 20.4 Å². The molecule has 0 aliphatic carbocycles. The molecule has 2 aromatic heterocycles. The van der Waals surface area contributed by atoms with Crippen LogP contribution in [-0.4, -0.2) is 36.7 Å². The number of nitrogens with zero attached hydrogens (tertiary/aromatic N) is 5. The Labute approximate surface area is 150 Å². The fourth-order valence-corrected chi connectivity index (χ4v) is 3.86. The number of nitrogens with one attached hydrogen (secondary N) is 1. The van der Waals surface area contributed by atoms with Gasteiger partial charge in [0.05, 0.1) is 24.3 Å². The van der Waals surface area contributed by atoms with Gasteiger partial charge in [0.15, 0.2) is 0 Å². The third-order valence-electron chi connectivity index (χ3n) is 5.22. The number of amides is 2. The van der Waals surface area contributed by atoms with Gasteiger partial charge in [-0.25, -0.2) is 14.5 Å². The standard InChI is InChI=1S/C19H18N6O/c1-12-5-6-13(8-15(12)16-4-2-3-7-20-16)23-19(26)25-14-9-17(25)18-21-11-22-24(18)10-14/h2-8,11,14,17H,9-10H2,1H3,(H,23,26)/t14-,17+/m1/s1. The van der Waals surface area contributed by atoms with Crippen molar-refractivity contribution in [3.8, 4) is 11.3 Å². The van der Waals surface area contributed by atoms with Crippen LogP contribution in [0.2, 0.25) is 0 Å². The number of anilines is 1. The Hall–Kier alpha value is -3.22. The largest absolute Gasteiger partial charge is 0.322 e. The zero-order valence-electron chi connectivity index (χ0n) is 14.3. The van der Waals surface area contributed by atoms with E-state index in [4.69, 9.17) is 0 Å². The fraction of sp³-hybridized carbons (Fsp3) is 0.263. The second kappa shape index (κ2) is 5.66. The maximum Gasteiger partial charge on any atom is 0.322 e. The smallest absolute Gasteiger partial charge is 0.309 e. The third kappa shape index (κ3) is 2.28. The van der Waals surface area contributed by atoms with Crippen LogP contribution in [0.15, 0.2) is 48.9 Å². The SMILES string of the molecule is Cc1ccc(NC(=O)N2[C@@H]3C[C@H]2c2ncnn2C3)cc1-c1ccccn1. The van der Waals surface area contributed by atoms with Gasteiger partial charge in [0.25, 0.3) is 0 Å². The van der Waals surface area contributed by atoms with Gasteiger partial charge >= 0.3 is 6.03 Å². The molecular formula is C19H18N6O. The van der Waals surface area contributed by atoms with Gasteiger partial charge in [-0.3, -0.25) is 4.98 Å². The minimum atomic E-state index is -0.0867. The highest BCUT2D eigenvalue weighted by molar-refractivity contribution is 5.91. The summed E-state index contributed by atoms with van der Waals surface area (Å²) in [5, 5.41) is 7.25. The summed E-state index contributed by atoms with van der Waals surface area (Å²) in [4.78, 5) is 23.4. The van der Waals surface area contributed by atoms with E-state index in [0.717, 1.165) is 34.8 Å². The van der Waals surface area contributed by atoms with Crippen LogP contribution in [0.1, 0.15) is 23.9 Å². The molecule has 130 valence electrons. The molecule has 2 bridgehead atoms. The number of carbonyl (C=O) groups excluding carboxylic acids is 1. The van der Waals surface area contributed by atoms with Crippen molar-refractivity contribution < 1.29 is 4.79 Å². The maximum absolute atomic E-state index is 12.8. The summed E-state index contributed by atoms with van der Waals surface area (Å²) in [6.07, 6.45) is 4.29. The summed E-state index contributed by atoms with van der Waals surface area (Å²) in [7, 11) is 0. The summed E-state index contributed by atoms with van der Waals surface area (Å²) in [5.74, 6) is 0.876. The van der Waals surface area contributed by atoms with Crippen LogP contribution < -0.4 is 5.32 Å². The fourth-order valence-electron chi connectivity index (χ4n) is 3.86. The van der Waals surface area contributed by atoms with E-state index in [1.807, 2.05) is 52.9 Å². The van der Waals surface area contributed by atoms with Crippen molar-refractivity contribution in [2.24, 2.45) is 0 Å². The molecule has 1 N–H and O–H groups in total. The average Bonchev–Trinajstić information content (AvgIpc) is 3.13. The minimum Gasteiger partial charge on any atom is -0.309 e. The number of carbonyl (C=O) groups is 1. The molecule has 0 saturated carbocycles. The van der Waals surface area contributed by atoms with Crippen LogP contribution in [0.3, 0.4) is 0 Å². The summed E-state index contributed by atoms with van der Waals surface area (Å²) in [6, 6.07) is 11.9. The van der Waals surface area contributed by atoms with E-state index in [0.29, 0.717) is 6.54 Å². The Morgan fingerprint density at radius 2 is 2.15 bits per heavy atom. The number of pyridine rings is 1. The van der Waals surface area contributed by atoms with E-state index in [9.17, 15) is 4.79 Å². The average molecular weight is 346 g/mol. The third-order valence-corrected chi connectivity index (χ3v) is 5.22. The first kappa shape index (κ1) is 15.1. The second-order valence-corrected chi connectivity index (χ2v) is 6.79. The van der Waals surface area contributed by atoms with E-state index < -0.39 is 0 Å². The van der Waals surface area contributed by atoms with E-state index in [1.165, 1.54) is 0 Å². The number of hydrogen-bond acceptors (Lipinski definition) is 4. The van der Waals surface area contributed by atoms with Crippen molar-refractivity contribution in [2.75, 3.05) is 5.32 Å². The van der Waals surface area contributed by atoms with Crippen molar-refractivity contribution in [1.29, 1.82) is 0 Å². The molecular weight excluding hydrogens is 328 g/mol. The topological polar surface area (TPSA) is 75.9 Å². The van der Waals surface area contributed by atoms with Crippen LogP contribution >= 0.6 is 0 Å². The molecule has 5 heterocycles. The van der Waals surface area contributed by atoms with Gasteiger partial charge in [-0.05, 0) is 43.2 Å². The predicted octanol–water partition coefficient (Wildman–Crippen LogP) is 3.01. The van der Waals surface area contributed by atoms with Crippen molar-refractivity contribution >= 4 is 11.7 Å². The van der Waals surface area contributed by atoms with Crippen LogP contribution in [-0.2, 0) is 6.54 Å². The summed E-state index contributed by atoms with van der Waals surface area (Å²) >= 11 is 0. The van der Waals surface area contributed by atoms with Gasteiger partial charge in [0, 0.05) is 17.4 Å². The molecule has 3 aliphatic heterocycles. The highest BCUT2D eigenvalue weighted by Gasteiger charge is 2.49. The normalized spacial score (nSPS) is 20.3. The first-order chi connectivity index (χ1) is 12.7. The highest BCUT2D eigenvalue weighted by Crippen LogP contribution is 2.42. The first-order valence-corrected chi connectivity index (χ1v) is 8.70. The van der Waals surface area contributed by atoms with E-state index in [-0.39, 0.29) is 18.1 Å². The van der Waals surface area contributed by atoms with Gasteiger partial charge < -0.3 is 10.2 Å². The zero-order valence-corrected chi connectivity index (χ0v) is 14.3. The molecule has 1 saturated heterocycles. The number of urea groups is 1. The number of hydrogen-bond donors (Lipinski definition) is 1. The van der Waals surface area contributed by atoms with Gasteiger partial charge in [-0.15, -0.1) is 0 Å². The molecule has 7 heteroatoms. The lowest BCUT2D eigenvalue weighted by Gasteiger charge is -2.51. The monoisotopic (exact) mass is 346 g/mol. The van der Waals surface area contributed by atoms with Crippen molar-refractivity contribution in [3.05, 3.63) is 60.3 Å². The summed E-state index contributed by atoms with van der Waals surface area (Å²) in [6.45, 7) is 2.76. The molecule has 3 aromatic rings. The molecule has 2 atom stereocenters. The molecule has 0 spiro atoms. The van der Waals surface area contributed by atoms with Gasteiger partial charge in [-0.1, -0.05) is 12.1 Å². The lowest BCUT2D eigenvalue weighted by atomic mass is 9.89. The van der Waals surface area contributed by atoms with Crippen LogP contribution in [0.25, 0.3) is 11.3 Å². The number of rotatable bonds is 2. The van der Waals surface area contributed by atoms with Gasteiger partial charge in [0.2, 0.25) is 0 Å². The summed E-state index contributed by atoms with van der Waals surface area (Å²) in [5.41, 5.74) is 3.81. The van der Waals surface area contributed by atoms with Crippen LogP contribution in [0.5, 0.6) is 0 Å². The zero-order chi connectivity index (χ0) is 17.7. The van der Waals surface area contributed by atoms with Gasteiger partial charge in [-0.2, -0.15) is 5.10 Å². The lowest BCUT2D eigenvalue weighted by molar-refractivity contribution is 0.0134. The van der Waals surface area contributed by atoms with E-state index in [1.54, 1.807) is 12.5 Å². The molecule has 0 radical (unpaired) electrons. The number of aromatic nitrogens is 4. The van der Waals surface area contributed by atoms with Gasteiger partial charge in [0.1, 0.15) is 12.2 Å². The molecule has 1 fully saturated rings. The predicted molar refractivity (Wildman–Crippen MR) is 96.4 cm³/mol. The van der Waals surface area contributed by atoms with Crippen LogP contribution in [0.4, 0.5) is 10.5 Å². The Morgan fingerprint density at radius 3 is 3.00 bits per heavy atom. The number of benzene rings is 1. The molecule has 0 unspecified atom stereocenters. The summed E-state index contributed by atoms with van der Waals surface area (Å²) < 4.78 is 1.90. The molecule has 26 heavy (non-hydrogen) atoms. The Balaban J connectivity index is 1.38. The Kier molecular flexibility index (Phi) is 3.28. The van der Waals surface area contributed by atoms with Crippen molar-refractivity contribution in [2.45, 2.75) is 32.0 Å². The lowest BCUT2D eigenvalue weighted by Crippen LogP contribution is -2.60. The minimum absolute atomic E-state index is 0.0250. The van der Waals surface area contributed by atoms with Crippen molar-refractivity contribution in [3.63, 3.8) is 0 Å². The Bertz CT molecular complexity index is 983. The molecule has 1 aromatic carbocycles. The quantitative estimate of drug-likeness (QED) is 0.774. The molecule has 7 nitrogen and oxygen atoms in total. The van der Waals surface area contributed by atoms with E-state index >= 15 is 0 Å². The molecule has 3 aliphatic rings.